The van der Waals surface area contributed by atoms with Crippen molar-refractivity contribution in [3.05, 3.63) is 125 Å². The summed E-state index contributed by atoms with van der Waals surface area (Å²) in [6.45, 7) is 3.57. The molecule has 1 aliphatic rings. The summed E-state index contributed by atoms with van der Waals surface area (Å²) in [5, 5.41) is 0. The second-order valence-electron chi connectivity index (χ2n) is 9.27. The monoisotopic (exact) mass is 664 g/mol. The quantitative estimate of drug-likeness (QED) is 0.239. The van der Waals surface area contributed by atoms with Gasteiger partial charge >= 0.3 is 11.9 Å². The molecular weight excluding hydrogens is 639 g/mol. The van der Waals surface area contributed by atoms with Crippen molar-refractivity contribution < 1.29 is 28.2 Å². The molecule has 0 saturated carbocycles. The molecule has 43 heavy (non-hydrogen) atoms. The summed E-state index contributed by atoms with van der Waals surface area (Å²) in [7, 11) is 0. The van der Waals surface area contributed by atoms with E-state index in [1.165, 1.54) is 28.0 Å². The van der Waals surface area contributed by atoms with Gasteiger partial charge in [0.15, 0.2) is 11.4 Å². The van der Waals surface area contributed by atoms with Crippen LogP contribution in [0.2, 0.25) is 0 Å². The lowest BCUT2D eigenvalue weighted by Crippen LogP contribution is -2.40. The average molecular weight is 666 g/mol. The van der Waals surface area contributed by atoms with Gasteiger partial charge in [0.25, 0.3) is 5.56 Å². The van der Waals surface area contributed by atoms with Gasteiger partial charge in [-0.3, -0.25) is 9.36 Å². The van der Waals surface area contributed by atoms with Gasteiger partial charge in [0, 0.05) is 5.56 Å². The molecule has 0 spiro atoms. The number of fused-ring (bicyclic) bond motifs is 1. The van der Waals surface area contributed by atoms with E-state index in [2.05, 4.69) is 15.9 Å². The maximum Gasteiger partial charge on any atom is 0.344 e. The number of ether oxygens (including phenoxy) is 3. The van der Waals surface area contributed by atoms with E-state index in [4.69, 9.17) is 19.2 Å². The molecule has 0 amide bonds. The molecule has 1 atom stereocenters. The zero-order chi connectivity index (χ0) is 30.5. The minimum Gasteiger partial charge on any atom is -0.481 e. The predicted molar refractivity (Wildman–Crippen MR) is 164 cm³/mol. The lowest BCUT2D eigenvalue weighted by atomic mass is 9.93. The summed E-state index contributed by atoms with van der Waals surface area (Å²) in [4.78, 5) is 44.3. The Morgan fingerprint density at radius 3 is 2.42 bits per heavy atom. The number of benzene rings is 3. The van der Waals surface area contributed by atoms with Crippen LogP contribution < -0.4 is 19.6 Å². The van der Waals surface area contributed by atoms with Gasteiger partial charge in [-0.2, -0.15) is 0 Å². The van der Waals surface area contributed by atoms with Gasteiger partial charge in [-0.05, 0) is 71.2 Å². The van der Waals surface area contributed by atoms with E-state index in [0.717, 1.165) is 0 Å². The Morgan fingerprint density at radius 2 is 1.74 bits per heavy atom. The molecule has 0 radical (unpaired) electrons. The average Bonchev–Trinajstić information content (AvgIpc) is 3.31. The third kappa shape index (κ3) is 6.52. The van der Waals surface area contributed by atoms with Crippen molar-refractivity contribution in [3.8, 4) is 5.75 Å². The van der Waals surface area contributed by atoms with Crippen molar-refractivity contribution in [1.82, 2.24) is 4.57 Å². The van der Waals surface area contributed by atoms with E-state index in [0.29, 0.717) is 41.9 Å². The topological polar surface area (TPSA) is 96.2 Å². The SMILES string of the molecule is CCOC(=O)COc1ccc(/C=c2\sc3n(c2=O)[C@H](c2ccc(F)cc2)C(C(=O)OCC)=C(c2ccccc2)N=3)cc1Br. The van der Waals surface area contributed by atoms with Crippen molar-refractivity contribution in [3.63, 3.8) is 0 Å². The standard InChI is InChI=1S/C32H26BrFN2O6S/c1-3-40-26(37)18-42-24-15-10-19(16-23(24)33)17-25-30(38)36-29(21-11-13-22(34)14-12-21)27(31(39)41-4-2)28(35-32(36)43-25)20-8-6-5-7-9-20/h5-17,29H,3-4,18H2,1-2H3/b25-17-/t29-/m1/s1. The highest BCUT2D eigenvalue weighted by molar-refractivity contribution is 9.10. The van der Waals surface area contributed by atoms with Gasteiger partial charge in [0.05, 0.1) is 39.5 Å². The molecule has 0 fully saturated rings. The molecule has 1 aliphatic heterocycles. The number of carbonyl (C=O) groups excluding carboxylic acids is 2. The van der Waals surface area contributed by atoms with Crippen LogP contribution in [0.4, 0.5) is 4.39 Å². The van der Waals surface area contributed by atoms with E-state index < -0.39 is 23.8 Å². The lowest BCUT2D eigenvalue weighted by molar-refractivity contribution is -0.145. The van der Waals surface area contributed by atoms with E-state index in [-0.39, 0.29) is 31.0 Å². The summed E-state index contributed by atoms with van der Waals surface area (Å²) >= 11 is 4.63. The zero-order valence-electron chi connectivity index (χ0n) is 23.2. The number of aromatic nitrogens is 1. The minimum absolute atomic E-state index is 0.124. The molecule has 11 heteroatoms. The highest BCUT2D eigenvalue weighted by Crippen LogP contribution is 2.35. The number of halogens is 2. The first-order chi connectivity index (χ1) is 20.8. The summed E-state index contributed by atoms with van der Waals surface area (Å²) in [5.41, 5.74) is 2.10. The molecule has 1 aromatic heterocycles. The molecule has 4 aromatic rings. The fraction of sp³-hybridized carbons (Fsp3) is 0.188. The van der Waals surface area contributed by atoms with Crippen LogP contribution in [0.25, 0.3) is 11.8 Å². The number of nitrogens with zero attached hydrogens (tertiary/aromatic N) is 2. The minimum atomic E-state index is -0.904. The Labute approximate surface area is 258 Å². The molecule has 2 heterocycles. The molecule has 0 saturated heterocycles. The lowest BCUT2D eigenvalue weighted by Gasteiger charge is -2.25. The summed E-state index contributed by atoms with van der Waals surface area (Å²) in [6, 6.07) is 19.2. The molecule has 3 aromatic carbocycles. The fourth-order valence-corrected chi connectivity index (χ4v) is 6.13. The van der Waals surface area contributed by atoms with Crippen LogP contribution in [0.5, 0.6) is 5.75 Å². The van der Waals surface area contributed by atoms with Crippen LogP contribution in [0.15, 0.2) is 92.6 Å². The van der Waals surface area contributed by atoms with Crippen molar-refractivity contribution in [2.24, 2.45) is 4.99 Å². The normalized spacial score (nSPS) is 14.6. The van der Waals surface area contributed by atoms with Crippen LogP contribution in [-0.4, -0.2) is 36.3 Å². The van der Waals surface area contributed by atoms with Crippen LogP contribution >= 0.6 is 27.3 Å². The van der Waals surface area contributed by atoms with Crippen LogP contribution in [0, 0.1) is 5.82 Å². The number of carbonyl (C=O) groups is 2. The Balaban J connectivity index is 1.65. The van der Waals surface area contributed by atoms with Crippen molar-refractivity contribution in [2.75, 3.05) is 19.8 Å². The highest BCUT2D eigenvalue weighted by atomic mass is 79.9. The number of rotatable bonds is 9. The molecule has 0 aliphatic carbocycles. The Kier molecular flexibility index (Phi) is 9.32. The number of hydrogen-bond acceptors (Lipinski definition) is 8. The van der Waals surface area contributed by atoms with Crippen molar-refractivity contribution in [1.29, 1.82) is 0 Å². The van der Waals surface area contributed by atoms with Gasteiger partial charge in [-0.1, -0.05) is 59.9 Å². The Bertz CT molecular complexity index is 1880. The van der Waals surface area contributed by atoms with Gasteiger partial charge in [0.1, 0.15) is 11.6 Å². The van der Waals surface area contributed by atoms with Gasteiger partial charge in [-0.15, -0.1) is 0 Å². The third-order valence-corrected chi connectivity index (χ3v) is 8.07. The fourth-order valence-electron chi connectivity index (χ4n) is 4.62. The Morgan fingerprint density at radius 1 is 1.02 bits per heavy atom. The summed E-state index contributed by atoms with van der Waals surface area (Å²) in [6.07, 6.45) is 1.71. The van der Waals surface area contributed by atoms with Crippen molar-refractivity contribution in [2.45, 2.75) is 19.9 Å². The summed E-state index contributed by atoms with van der Waals surface area (Å²) in [5.74, 6) is -1.10. The van der Waals surface area contributed by atoms with Gasteiger partial charge in [0.2, 0.25) is 0 Å². The van der Waals surface area contributed by atoms with Crippen LogP contribution in [0.1, 0.15) is 36.6 Å². The van der Waals surface area contributed by atoms with E-state index in [1.807, 2.05) is 30.3 Å². The first-order valence-corrected chi connectivity index (χ1v) is 15.0. The zero-order valence-corrected chi connectivity index (χ0v) is 25.6. The largest absolute Gasteiger partial charge is 0.481 e. The van der Waals surface area contributed by atoms with E-state index >= 15 is 0 Å². The number of thiazole rings is 1. The molecule has 0 unspecified atom stereocenters. The van der Waals surface area contributed by atoms with E-state index in [9.17, 15) is 18.8 Å². The van der Waals surface area contributed by atoms with E-state index in [1.54, 1.807) is 50.3 Å². The van der Waals surface area contributed by atoms with Gasteiger partial charge in [-0.25, -0.2) is 19.0 Å². The first-order valence-electron chi connectivity index (χ1n) is 13.4. The molecule has 0 N–H and O–H groups in total. The van der Waals surface area contributed by atoms with Crippen LogP contribution in [0.3, 0.4) is 0 Å². The third-order valence-electron chi connectivity index (χ3n) is 6.46. The highest BCUT2D eigenvalue weighted by Gasteiger charge is 2.35. The smallest absolute Gasteiger partial charge is 0.344 e. The molecule has 8 nitrogen and oxygen atoms in total. The van der Waals surface area contributed by atoms with Crippen LogP contribution in [-0.2, 0) is 19.1 Å². The molecular formula is C32H26BrFN2O6S. The maximum atomic E-state index is 14.0. The molecule has 5 rings (SSSR count). The Hall–Kier alpha value is -4.35. The summed E-state index contributed by atoms with van der Waals surface area (Å²) < 4.78 is 32.2. The maximum absolute atomic E-state index is 14.0. The second-order valence-corrected chi connectivity index (χ2v) is 11.1. The van der Waals surface area contributed by atoms with Crippen molar-refractivity contribution >= 4 is 51.0 Å². The van der Waals surface area contributed by atoms with Gasteiger partial charge < -0.3 is 14.2 Å². The first kappa shape index (κ1) is 30.1. The number of hydrogen-bond donors (Lipinski definition) is 0. The predicted octanol–water partition coefficient (Wildman–Crippen LogP) is 4.78. The number of esters is 2. The molecule has 220 valence electrons. The molecule has 0 bridgehead atoms. The second kappa shape index (κ2) is 13.3.